The molecule has 0 spiro atoms. The summed E-state index contributed by atoms with van der Waals surface area (Å²) in [6.45, 7) is 6.45. The van der Waals surface area contributed by atoms with Crippen LogP contribution in [0.3, 0.4) is 0 Å². The molecule has 162 valence electrons. The summed E-state index contributed by atoms with van der Waals surface area (Å²) in [4.78, 5) is 14.7. The molecule has 3 aromatic rings. The Morgan fingerprint density at radius 1 is 1.10 bits per heavy atom. The quantitative estimate of drug-likeness (QED) is 0.487. The zero-order valence-corrected chi connectivity index (χ0v) is 19.3. The molecule has 0 saturated heterocycles. The topological polar surface area (TPSA) is 59.9 Å². The Morgan fingerprint density at radius 2 is 1.90 bits per heavy atom. The second-order valence-electron chi connectivity index (χ2n) is 7.91. The molecule has 1 aliphatic carbocycles. The van der Waals surface area contributed by atoms with Gasteiger partial charge in [-0.15, -0.1) is 0 Å². The minimum absolute atomic E-state index is 0.154. The fourth-order valence-corrected chi connectivity index (χ4v) is 4.64. The van der Waals surface area contributed by atoms with Crippen LogP contribution in [-0.4, -0.2) is 22.1 Å². The van der Waals surface area contributed by atoms with Crippen LogP contribution >= 0.6 is 11.6 Å². The summed E-state index contributed by atoms with van der Waals surface area (Å²) in [6, 6.07) is 10.1. The van der Waals surface area contributed by atoms with Crippen LogP contribution < -0.4 is 10.1 Å². The number of aromatic nitrogens is 3. The maximum Gasteiger partial charge on any atom is 0.148 e. The Kier molecular flexibility index (Phi) is 6.42. The summed E-state index contributed by atoms with van der Waals surface area (Å²) in [5.41, 5.74) is 6.06. The van der Waals surface area contributed by atoms with E-state index in [9.17, 15) is 0 Å². The van der Waals surface area contributed by atoms with Gasteiger partial charge >= 0.3 is 0 Å². The normalized spacial score (nSPS) is 17.5. The summed E-state index contributed by atoms with van der Waals surface area (Å²) in [5.74, 6) is 2.08. The third-order valence-corrected chi connectivity index (χ3v) is 6.44. The van der Waals surface area contributed by atoms with E-state index >= 15 is 0 Å². The third-order valence-electron chi connectivity index (χ3n) is 6.13. The van der Waals surface area contributed by atoms with Crippen LogP contribution in [0.15, 0.2) is 36.5 Å². The fourth-order valence-electron chi connectivity index (χ4n) is 4.38. The first-order chi connectivity index (χ1) is 15.1. The highest BCUT2D eigenvalue weighted by Gasteiger charge is 2.33. The van der Waals surface area contributed by atoms with Crippen molar-refractivity contribution < 1.29 is 4.74 Å². The number of hydrogen-bond acceptors (Lipinski definition) is 5. The SMILES string of the molecule is CCc1nc(-c2ccc(OC)cc2Cl)c(CC)nc1N[C@@H]1c2ncccc2CC1CC. The molecule has 1 N–H and O–H groups in total. The van der Waals surface area contributed by atoms with Gasteiger partial charge in [0, 0.05) is 11.8 Å². The van der Waals surface area contributed by atoms with Gasteiger partial charge in [-0.2, -0.15) is 0 Å². The van der Waals surface area contributed by atoms with Crippen LogP contribution in [0.1, 0.15) is 55.9 Å². The van der Waals surface area contributed by atoms with Crippen molar-refractivity contribution in [1.29, 1.82) is 0 Å². The first-order valence-electron chi connectivity index (χ1n) is 11.0. The number of methoxy groups -OCH3 is 1. The Balaban J connectivity index is 1.75. The van der Waals surface area contributed by atoms with Crippen LogP contribution in [-0.2, 0) is 19.3 Å². The number of pyridine rings is 1. The van der Waals surface area contributed by atoms with Gasteiger partial charge in [-0.05, 0) is 55.0 Å². The van der Waals surface area contributed by atoms with Gasteiger partial charge in [-0.25, -0.2) is 9.97 Å². The molecule has 2 aromatic heterocycles. The van der Waals surface area contributed by atoms with Crippen LogP contribution in [0, 0.1) is 5.92 Å². The lowest BCUT2D eigenvalue weighted by molar-refractivity contribution is 0.415. The van der Waals surface area contributed by atoms with Crippen molar-refractivity contribution in [1.82, 2.24) is 15.0 Å². The highest BCUT2D eigenvalue weighted by molar-refractivity contribution is 6.33. The molecule has 0 amide bonds. The van der Waals surface area contributed by atoms with E-state index in [0.717, 1.165) is 65.6 Å². The minimum Gasteiger partial charge on any atom is -0.497 e. The standard InChI is InChI=1S/C25H29ClN4O/c1-5-15-13-16-9-8-12-27-22(16)23(15)30-25-21(7-3)28-24(20(6-2)29-25)18-11-10-17(31-4)14-19(18)26/h8-12,14-15,23H,5-7,13H2,1-4H3,(H,29,30)/t15?,23-/m0/s1. The molecule has 0 saturated carbocycles. The number of ether oxygens (including phenoxy) is 1. The number of aryl methyl sites for hydroxylation is 2. The van der Waals surface area contributed by atoms with Gasteiger partial charge < -0.3 is 10.1 Å². The molecule has 0 radical (unpaired) electrons. The van der Waals surface area contributed by atoms with Gasteiger partial charge in [-0.3, -0.25) is 4.98 Å². The zero-order chi connectivity index (χ0) is 22.0. The second-order valence-corrected chi connectivity index (χ2v) is 8.32. The molecule has 2 heterocycles. The van der Waals surface area contributed by atoms with E-state index in [1.165, 1.54) is 5.56 Å². The van der Waals surface area contributed by atoms with E-state index in [1.807, 2.05) is 30.5 Å². The second kappa shape index (κ2) is 9.23. The monoisotopic (exact) mass is 436 g/mol. The number of anilines is 1. The van der Waals surface area contributed by atoms with Crippen LogP contribution in [0.4, 0.5) is 5.82 Å². The third kappa shape index (κ3) is 4.11. The maximum absolute atomic E-state index is 6.57. The lowest BCUT2D eigenvalue weighted by Crippen LogP contribution is -2.20. The van der Waals surface area contributed by atoms with Gasteiger partial charge in [0.25, 0.3) is 0 Å². The first-order valence-corrected chi connectivity index (χ1v) is 11.4. The number of benzene rings is 1. The predicted molar refractivity (Wildman–Crippen MR) is 126 cm³/mol. The zero-order valence-electron chi connectivity index (χ0n) is 18.6. The molecule has 0 bridgehead atoms. The first kappa shape index (κ1) is 21.6. The Hall–Kier alpha value is -2.66. The fraction of sp³-hybridized carbons (Fsp3) is 0.400. The molecule has 2 atom stereocenters. The van der Waals surface area contributed by atoms with Crippen LogP contribution in [0.25, 0.3) is 11.3 Å². The van der Waals surface area contributed by atoms with Crippen LogP contribution in [0.2, 0.25) is 5.02 Å². The van der Waals surface area contributed by atoms with Crippen molar-refractivity contribution in [2.24, 2.45) is 5.92 Å². The number of fused-ring (bicyclic) bond motifs is 1. The molecule has 31 heavy (non-hydrogen) atoms. The summed E-state index contributed by atoms with van der Waals surface area (Å²) in [6.07, 6.45) is 5.55. The molecule has 0 aliphatic heterocycles. The molecular formula is C25H29ClN4O. The lowest BCUT2D eigenvalue weighted by atomic mass is 9.99. The molecule has 1 unspecified atom stereocenters. The van der Waals surface area contributed by atoms with Gasteiger partial charge in [0.05, 0.1) is 40.9 Å². The van der Waals surface area contributed by atoms with Crippen LogP contribution in [0.5, 0.6) is 5.75 Å². The Morgan fingerprint density at radius 3 is 2.58 bits per heavy atom. The summed E-state index contributed by atoms with van der Waals surface area (Å²) >= 11 is 6.57. The van der Waals surface area contributed by atoms with Gasteiger partial charge in [0.15, 0.2) is 0 Å². The highest BCUT2D eigenvalue weighted by atomic mass is 35.5. The minimum atomic E-state index is 0.154. The Labute approximate surface area is 189 Å². The molecular weight excluding hydrogens is 408 g/mol. The number of nitrogens with zero attached hydrogens (tertiary/aromatic N) is 3. The van der Waals surface area contributed by atoms with Crippen molar-refractivity contribution >= 4 is 17.4 Å². The molecule has 1 aliphatic rings. The Bertz CT molecular complexity index is 1090. The van der Waals surface area contributed by atoms with Gasteiger partial charge in [-0.1, -0.05) is 44.9 Å². The summed E-state index contributed by atoms with van der Waals surface area (Å²) in [5, 5.41) is 4.33. The van der Waals surface area contributed by atoms with Gasteiger partial charge in [0.2, 0.25) is 0 Å². The van der Waals surface area contributed by atoms with Crippen molar-refractivity contribution in [3.05, 3.63) is 64.2 Å². The average molecular weight is 437 g/mol. The molecule has 6 heteroatoms. The van der Waals surface area contributed by atoms with Crippen molar-refractivity contribution in [2.75, 3.05) is 12.4 Å². The molecule has 5 nitrogen and oxygen atoms in total. The van der Waals surface area contributed by atoms with Crippen molar-refractivity contribution in [2.45, 2.75) is 52.5 Å². The smallest absolute Gasteiger partial charge is 0.148 e. The van der Waals surface area contributed by atoms with E-state index < -0.39 is 0 Å². The largest absolute Gasteiger partial charge is 0.497 e. The molecule has 0 fully saturated rings. The lowest BCUT2D eigenvalue weighted by Gasteiger charge is -2.23. The summed E-state index contributed by atoms with van der Waals surface area (Å²) in [7, 11) is 1.64. The highest BCUT2D eigenvalue weighted by Crippen LogP contribution is 2.40. The maximum atomic E-state index is 6.57. The van der Waals surface area contributed by atoms with E-state index in [4.69, 9.17) is 26.3 Å². The van der Waals surface area contributed by atoms with Gasteiger partial charge in [0.1, 0.15) is 11.6 Å². The van der Waals surface area contributed by atoms with E-state index in [2.05, 4.69) is 37.1 Å². The average Bonchev–Trinajstić information content (AvgIpc) is 3.16. The number of rotatable bonds is 7. The number of nitrogens with one attached hydrogen (secondary N) is 1. The van der Waals surface area contributed by atoms with Crippen molar-refractivity contribution in [3.63, 3.8) is 0 Å². The van der Waals surface area contributed by atoms with E-state index in [-0.39, 0.29) is 6.04 Å². The molecule has 4 rings (SSSR count). The number of halogens is 1. The van der Waals surface area contributed by atoms with Crippen molar-refractivity contribution in [3.8, 4) is 17.0 Å². The predicted octanol–water partition coefficient (Wildman–Crippen LogP) is 6.06. The summed E-state index contributed by atoms with van der Waals surface area (Å²) < 4.78 is 5.29. The van der Waals surface area contributed by atoms with E-state index in [0.29, 0.717) is 10.9 Å². The van der Waals surface area contributed by atoms with E-state index in [1.54, 1.807) is 7.11 Å². The molecule has 1 aromatic carbocycles. The number of hydrogen-bond donors (Lipinski definition) is 1.